The molecule has 0 atom stereocenters. The average molecular weight is 226 g/mol. The maximum Gasteiger partial charge on any atom is 0.178 e. The minimum absolute atomic E-state index is 0.0818. The Morgan fingerprint density at radius 1 is 1.24 bits per heavy atom. The topological polar surface area (TPSA) is 56.0 Å². The van der Waals surface area contributed by atoms with Crippen molar-refractivity contribution in [3.8, 4) is 0 Å². The van der Waals surface area contributed by atoms with E-state index >= 15 is 0 Å². The number of hydrogen-bond donors (Lipinski definition) is 0. The molecule has 17 heavy (non-hydrogen) atoms. The first-order chi connectivity index (χ1) is 8.16. The van der Waals surface area contributed by atoms with E-state index < -0.39 is 0 Å². The van der Waals surface area contributed by atoms with Gasteiger partial charge in [0.2, 0.25) is 0 Å². The van der Waals surface area contributed by atoms with Crippen molar-refractivity contribution in [2.45, 2.75) is 13.8 Å². The number of carbonyl (C=O) groups excluding carboxylic acids is 1. The molecule has 3 heterocycles. The minimum atomic E-state index is -0.0818. The van der Waals surface area contributed by atoms with Gasteiger partial charge in [-0.1, -0.05) is 0 Å². The molecule has 0 amide bonds. The van der Waals surface area contributed by atoms with E-state index in [9.17, 15) is 4.79 Å². The van der Waals surface area contributed by atoms with Gasteiger partial charge in [0, 0.05) is 18.8 Å². The van der Waals surface area contributed by atoms with Gasteiger partial charge < -0.3 is 4.42 Å². The third-order valence-electron chi connectivity index (χ3n) is 2.70. The highest BCUT2D eigenvalue weighted by Gasteiger charge is 2.15. The molecule has 0 aliphatic heterocycles. The van der Waals surface area contributed by atoms with Gasteiger partial charge in [-0.25, -0.2) is 4.98 Å². The van der Waals surface area contributed by atoms with Crippen LogP contribution in [0.2, 0.25) is 0 Å². The maximum atomic E-state index is 11.6. The molecule has 0 bridgehead atoms. The molecule has 4 nitrogen and oxygen atoms in total. The number of pyridine rings is 2. The Kier molecular flexibility index (Phi) is 1.98. The fraction of sp³-hybridized carbons (Fsp3) is 0.154. The number of furan rings is 1. The Hall–Kier alpha value is -2.23. The van der Waals surface area contributed by atoms with Crippen LogP contribution >= 0.6 is 0 Å². The summed E-state index contributed by atoms with van der Waals surface area (Å²) < 4.78 is 5.64. The second-order valence-electron chi connectivity index (χ2n) is 3.99. The average Bonchev–Trinajstić information content (AvgIpc) is 2.66. The summed E-state index contributed by atoms with van der Waals surface area (Å²) in [5, 5.41) is 0.707. The summed E-state index contributed by atoms with van der Waals surface area (Å²) in [7, 11) is 0. The zero-order chi connectivity index (χ0) is 12.0. The normalized spacial score (nSPS) is 11.2. The van der Waals surface area contributed by atoms with E-state index in [0.29, 0.717) is 27.8 Å². The van der Waals surface area contributed by atoms with Gasteiger partial charge in [0.25, 0.3) is 0 Å². The lowest BCUT2D eigenvalue weighted by Crippen LogP contribution is -1.96. The van der Waals surface area contributed by atoms with Gasteiger partial charge in [0.1, 0.15) is 16.8 Å². The number of carbonyl (C=O) groups is 1. The summed E-state index contributed by atoms with van der Waals surface area (Å²) in [6, 6.07) is 5.49. The van der Waals surface area contributed by atoms with Gasteiger partial charge in [-0.05, 0) is 25.1 Å². The molecule has 0 radical (unpaired) electrons. The summed E-state index contributed by atoms with van der Waals surface area (Å²) in [4.78, 5) is 20.1. The first kappa shape index (κ1) is 9.96. The lowest BCUT2D eigenvalue weighted by molar-refractivity contribution is 0.101. The van der Waals surface area contributed by atoms with Crippen LogP contribution in [0.1, 0.15) is 23.1 Å². The van der Waals surface area contributed by atoms with Crippen molar-refractivity contribution in [3.63, 3.8) is 0 Å². The quantitative estimate of drug-likeness (QED) is 0.598. The van der Waals surface area contributed by atoms with Crippen molar-refractivity contribution in [2.24, 2.45) is 0 Å². The van der Waals surface area contributed by atoms with Crippen LogP contribution in [0.3, 0.4) is 0 Å². The molecule has 0 aliphatic rings. The molecule has 3 rings (SSSR count). The summed E-state index contributed by atoms with van der Waals surface area (Å²) >= 11 is 0. The fourth-order valence-corrected chi connectivity index (χ4v) is 1.95. The predicted octanol–water partition coefficient (Wildman–Crippen LogP) is 2.89. The number of nitrogens with zero attached hydrogens (tertiary/aromatic N) is 2. The van der Waals surface area contributed by atoms with E-state index in [4.69, 9.17) is 4.42 Å². The van der Waals surface area contributed by atoms with Crippen molar-refractivity contribution in [2.75, 3.05) is 0 Å². The lowest BCUT2D eigenvalue weighted by atomic mass is 10.1. The molecule has 0 saturated heterocycles. The van der Waals surface area contributed by atoms with Gasteiger partial charge in [-0.2, -0.15) is 0 Å². The van der Waals surface area contributed by atoms with Gasteiger partial charge in [0.05, 0.1) is 5.39 Å². The molecule has 0 saturated carbocycles. The van der Waals surface area contributed by atoms with E-state index in [-0.39, 0.29) is 5.78 Å². The maximum absolute atomic E-state index is 11.6. The van der Waals surface area contributed by atoms with Crippen molar-refractivity contribution < 1.29 is 9.21 Å². The number of fused-ring (bicyclic) bond motifs is 3. The fourth-order valence-electron chi connectivity index (χ4n) is 1.95. The van der Waals surface area contributed by atoms with Crippen molar-refractivity contribution in [1.29, 1.82) is 0 Å². The molecule has 0 fully saturated rings. The third-order valence-corrected chi connectivity index (χ3v) is 2.70. The molecule has 0 spiro atoms. The Bertz CT molecular complexity index is 744. The molecule has 0 N–H and O–H groups in total. The molecule has 3 aromatic rings. The second kappa shape index (κ2) is 3.38. The van der Waals surface area contributed by atoms with Gasteiger partial charge in [-0.15, -0.1) is 0 Å². The number of aryl methyl sites for hydroxylation is 1. The highest BCUT2D eigenvalue weighted by atomic mass is 16.3. The number of aromatic nitrogens is 2. The highest BCUT2D eigenvalue weighted by Crippen LogP contribution is 2.29. The molecule has 84 valence electrons. The van der Waals surface area contributed by atoms with Crippen molar-refractivity contribution in [3.05, 3.63) is 35.8 Å². The van der Waals surface area contributed by atoms with Crippen LogP contribution < -0.4 is 0 Å². The SMILES string of the molecule is CC(=O)c1nccc2oc3ccc(C)nc3c12. The summed E-state index contributed by atoms with van der Waals surface area (Å²) in [5.74, 6) is -0.0818. The minimum Gasteiger partial charge on any atom is -0.454 e. The van der Waals surface area contributed by atoms with Crippen LogP contribution in [0.5, 0.6) is 0 Å². The van der Waals surface area contributed by atoms with Gasteiger partial charge in [-0.3, -0.25) is 9.78 Å². The van der Waals surface area contributed by atoms with Crippen LogP contribution in [0.15, 0.2) is 28.8 Å². The zero-order valence-electron chi connectivity index (χ0n) is 9.52. The Morgan fingerprint density at radius 2 is 2.06 bits per heavy atom. The smallest absolute Gasteiger partial charge is 0.178 e. The van der Waals surface area contributed by atoms with Crippen molar-refractivity contribution >= 4 is 27.9 Å². The standard InChI is InChI=1S/C13H10N2O2/c1-7-3-4-10-13(15-7)11-9(17-10)5-6-14-12(11)8(2)16/h3-6H,1-2H3. The van der Waals surface area contributed by atoms with Crippen molar-refractivity contribution in [1.82, 2.24) is 9.97 Å². The predicted molar refractivity (Wildman–Crippen MR) is 64.1 cm³/mol. The van der Waals surface area contributed by atoms with E-state index in [1.54, 1.807) is 12.3 Å². The highest BCUT2D eigenvalue weighted by molar-refractivity contribution is 6.13. The zero-order valence-corrected chi connectivity index (χ0v) is 9.52. The number of hydrogen-bond acceptors (Lipinski definition) is 4. The first-order valence-electron chi connectivity index (χ1n) is 5.32. The Morgan fingerprint density at radius 3 is 2.82 bits per heavy atom. The van der Waals surface area contributed by atoms with E-state index in [0.717, 1.165) is 5.69 Å². The lowest BCUT2D eigenvalue weighted by Gasteiger charge is -1.96. The van der Waals surface area contributed by atoms with Crippen LogP contribution in [-0.2, 0) is 0 Å². The summed E-state index contributed by atoms with van der Waals surface area (Å²) in [6.45, 7) is 3.40. The largest absolute Gasteiger partial charge is 0.454 e. The molecule has 0 aliphatic carbocycles. The number of Topliss-reactive ketones (excluding diaryl/α,β-unsaturated/α-hetero) is 1. The number of rotatable bonds is 1. The van der Waals surface area contributed by atoms with Gasteiger partial charge >= 0.3 is 0 Å². The van der Waals surface area contributed by atoms with E-state index in [1.807, 2.05) is 19.1 Å². The summed E-state index contributed by atoms with van der Waals surface area (Å²) in [6.07, 6.45) is 1.58. The monoisotopic (exact) mass is 226 g/mol. The van der Waals surface area contributed by atoms with Crippen LogP contribution in [0, 0.1) is 6.92 Å². The molecule has 0 aromatic carbocycles. The van der Waals surface area contributed by atoms with Gasteiger partial charge in [0.15, 0.2) is 11.4 Å². The number of ketones is 1. The van der Waals surface area contributed by atoms with Crippen LogP contribution in [-0.4, -0.2) is 15.8 Å². The molecular formula is C13H10N2O2. The Labute approximate surface area is 97.3 Å². The molecular weight excluding hydrogens is 216 g/mol. The molecule has 4 heteroatoms. The van der Waals surface area contributed by atoms with E-state index in [1.165, 1.54) is 6.92 Å². The van der Waals surface area contributed by atoms with E-state index in [2.05, 4.69) is 9.97 Å². The molecule has 3 aromatic heterocycles. The van der Waals surface area contributed by atoms with Crippen LogP contribution in [0.4, 0.5) is 0 Å². The third kappa shape index (κ3) is 1.41. The Balaban J connectivity index is 2.56. The first-order valence-corrected chi connectivity index (χ1v) is 5.32. The molecule has 0 unspecified atom stereocenters. The summed E-state index contributed by atoms with van der Waals surface area (Å²) in [5.41, 5.74) is 3.34. The second-order valence-corrected chi connectivity index (χ2v) is 3.99. The van der Waals surface area contributed by atoms with Crippen LogP contribution in [0.25, 0.3) is 22.1 Å².